The van der Waals surface area contributed by atoms with Gasteiger partial charge in [0.2, 0.25) is 0 Å². The number of likely N-dealkylation sites (N-methyl/N-ethyl adjacent to an activating group) is 1. The summed E-state index contributed by atoms with van der Waals surface area (Å²) < 4.78 is 26.8. The predicted octanol–water partition coefficient (Wildman–Crippen LogP) is 1.14. The molecule has 1 heterocycles. The number of halogens is 2. The average molecular weight is 285 g/mol. The summed E-state index contributed by atoms with van der Waals surface area (Å²) in [5.41, 5.74) is 3.14. The molecule has 0 spiro atoms. The molecule has 2 unspecified atom stereocenters. The molecule has 2 N–H and O–H groups in total. The number of rotatable bonds is 4. The highest BCUT2D eigenvalue weighted by molar-refractivity contribution is 5.22. The van der Waals surface area contributed by atoms with Crippen LogP contribution in [0.3, 0.4) is 0 Å². The summed E-state index contributed by atoms with van der Waals surface area (Å²) in [6.07, 6.45) is -1.09. The quantitative estimate of drug-likeness (QED) is 0.870. The van der Waals surface area contributed by atoms with Crippen LogP contribution in [0.5, 0.6) is 0 Å². The van der Waals surface area contributed by atoms with Crippen LogP contribution in [0.25, 0.3) is 0 Å². The Bertz CT molecular complexity index is 450. The lowest BCUT2D eigenvalue weighted by molar-refractivity contribution is 0.0424. The van der Waals surface area contributed by atoms with Crippen molar-refractivity contribution in [3.8, 4) is 0 Å². The topological polar surface area (TPSA) is 38.7 Å². The lowest BCUT2D eigenvalue weighted by atomic mass is 10.0. The molecule has 4 nitrogen and oxygen atoms in total. The molecule has 1 aromatic rings. The second kappa shape index (κ2) is 6.58. The van der Waals surface area contributed by atoms with Crippen LogP contribution in [-0.4, -0.2) is 54.3 Å². The molecule has 0 bridgehead atoms. The van der Waals surface area contributed by atoms with Gasteiger partial charge in [0.25, 0.3) is 0 Å². The maximum atomic E-state index is 13.6. The number of hydrogen-bond acceptors (Lipinski definition) is 4. The van der Waals surface area contributed by atoms with E-state index in [0.29, 0.717) is 0 Å². The van der Waals surface area contributed by atoms with Crippen LogP contribution in [0.1, 0.15) is 18.6 Å². The van der Waals surface area contributed by atoms with Crippen molar-refractivity contribution in [2.24, 2.45) is 0 Å². The number of nitrogens with zero attached hydrogens (tertiary/aromatic N) is 2. The van der Waals surface area contributed by atoms with E-state index in [4.69, 9.17) is 0 Å². The fourth-order valence-corrected chi connectivity index (χ4v) is 2.30. The Kier molecular flexibility index (Phi) is 5.04. The van der Waals surface area contributed by atoms with Crippen molar-refractivity contribution in [3.05, 3.63) is 35.4 Å². The van der Waals surface area contributed by atoms with E-state index in [2.05, 4.69) is 17.4 Å². The third-order valence-corrected chi connectivity index (χ3v) is 3.64. The highest BCUT2D eigenvalue weighted by Crippen LogP contribution is 2.21. The van der Waals surface area contributed by atoms with Crippen LogP contribution in [0.4, 0.5) is 8.78 Å². The van der Waals surface area contributed by atoms with E-state index in [1.54, 1.807) is 6.92 Å². The zero-order chi connectivity index (χ0) is 14.7. The Balaban J connectivity index is 1.97. The second-order valence-corrected chi connectivity index (χ2v) is 5.32. The Morgan fingerprint density at radius 2 is 1.85 bits per heavy atom. The summed E-state index contributed by atoms with van der Waals surface area (Å²) in [5.74, 6) is -1.14. The van der Waals surface area contributed by atoms with E-state index < -0.39 is 23.8 Å². The summed E-state index contributed by atoms with van der Waals surface area (Å²) in [5, 5.41) is 12.2. The van der Waals surface area contributed by atoms with Crippen LogP contribution in [-0.2, 0) is 0 Å². The first kappa shape index (κ1) is 15.3. The highest BCUT2D eigenvalue weighted by atomic mass is 19.1. The fourth-order valence-electron chi connectivity index (χ4n) is 2.30. The molecule has 1 aliphatic heterocycles. The van der Waals surface area contributed by atoms with Crippen LogP contribution in [0.2, 0.25) is 0 Å². The molecule has 0 amide bonds. The Morgan fingerprint density at radius 3 is 2.50 bits per heavy atom. The summed E-state index contributed by atoms with van der Waals surface area (Å²) in [7, 11) is 2.05. The van der Waals surface area contributed by atoms with Gasteiger partial charge in [0.15, 0.2) is 0 Å². The van der Waals surface area contributed by atoms with Gasteiger partial charge in [0, 0.05) is 37.8 Å². The van der Waals surface area contributed by atoms with Gasteiger partial charge < -0.3 is 10.0 Å². The maximum Gasteiger partial charge on any atom is 0.129 e. The van der Waals surface area contributed by atoms with Crippen LogP contribution < -0.4 is 5.43 Å². The minimum absolute atomic E-state index is 0.0147. The first-order valence-electron chi connectivity index (χ1n) is 6.80. The van der Waals surface area contributed by atoms with Crippen molar-refractivity contribution < 1.29 is 13.9 Å². The van der Waals surface area contributed by atoms with Gasteiger partial charge in [-0.15, -0.1) is 0 Å². The van der Waals surface area contributed by atoms with E-state index in [0.717, 1.165) is 44.4 Å². The minimum Gasteiger partial charge on any atom is -0.387 e. The Labute approximate surface area is 118 Å². The highest BCUT2D eigenvalue weighted by Gasteiger charge is 2.23. The van der Waals surface area contributed by atoms with Gasteiger partial charge in [-0.1, -0.05) is 0 Å². The number of nitrogens with one attached hydrogen (secondary N) is 1. The van der Waals surface area contributed by atoms with Crippen molar-refractivity contribution >= 4 is 0 Å². The molecule has 0 aliphatic carbocycles. The van der Waals surface area contributed by atoms with E-state index >= 15 is 0 Å². The first-order chi connectivity index (χ1) is 9.47. The van der Waals surface area contributed by atoms with Gasteiger partial charge in [-0.05, 0) is 32.2 Å². The molecule has 20 heavy (non-hydrogen) atoms. The van der Waals surface area contributed by atoms with Gasteiger partial charge in [-0.2, -0.15) is 0 Å². The lowest BCUT2D eigenvalue weighted by Crippen LogP contribution is -2.54. The number of piperazine rings is 1. The molecule has 6 heteroatoms. The smallest absolute Gasteiger partial charge is 0.129 e. The first-order valence-corrected chi connectivity index (χ1v) is 6.80. The van der Waals surface area contributed by atoms with E-state index in [-0.39, 0.29) is 5.56 Å². The molecule has 1 fully saturated rings. The van der Waals surface area contributed by atoms with E-state index in [1.807, 2.05) is 5.01 Å². The Morgan fingerprint density at radius 1 is 1.20 bits per heavy atom. The van der Waals surface area contributed by atoms with Gasteiger partial charge in [0.1, 0.15) is 11.6 Å². The molecular weight excluding hydrogens is 264 g/mol. The van der Waals surface area contributed by atoms with Crippen LogP contribution in [0.15, 0.2) is 18.2 Å². The van der Waals surface area contributed by atoms with E-state index in [1.165, 1.54) is 0 Å². The second-order valence-electron chi connectivity index (χ2n) is 5.32. The molecule has 0 radical (unpaired) electrons. The van der Waals surface area contributed by atoms with Crippen LogP contribution in [0, 0.1) is 11.6 Å². The van der Waals surface area contributed by atoms with Gasteiger partial charge in [-0.3, -0.25) is 0 Å². The SMILES string of the molecule is CC(NN1CCN(C)CC1)C(O)c1cc(F)ccc1F. The number of hydrogen-bond donors (Lipinski definition) is 2. The van der Waals surface area contributed by atoms with Gasteiger partial charge in [-0.25, -0.2) is 19.2 Å². The third-order valence-electron chi connectivity index (χ3n) is 3.64. The molecule has 1 saturated heterocycles. The van der Waals surface area contributed by atoms with Gasteiger partial charge in [0.05, 0.1) is 6.10 Å². The van der Waals surface area contributed by atoms with Crippen molar-refractivity contribution in [1.82, 2.24) is 15.3 Å². The monoisotopic (exact) mass is 285 g/mol. The van der Waals surface area contributed by atoms with Crippen LogP contribution >= 0.6 is 0 Å². The fraction of sp³-hybridized carbons (Fsp3) is 0.571. The van der Waals surface area contributed by atoms with Crippen molar-refractivity contribution in [3.63, 3.8) is 0 Å². The number of aliphatic hydroxyl groups excluding tert-OH is 1. The molecule has 2 rings (SSSR count). The summed E-state index contributed by atoms with van der Waals surface area (Å²) >= 11 is 0. The molecule has 1 aromatic carbocycles. The molecule has 0 aromatic heterocycles. The summed E-state index contributed by atoms with van der Waals surface area (Å²) in [6.45, 7) is 5.29. The third kappa shape index (κ3) is 3.73. The van der Waals surface area contributed by atoms with Crippen molar-refractivity contribution in [2.75, 3.05) is 33.2 Å². The van der Waals surface area contributed by atoms with Gasteiger partial charge >= 0.3 is 0 Å². The molecule has 2 atom stereocenters. The zero-order valence-electron chi connectivity index (χ0n) is 11.8. The van der Waals surface area contributed by atoms with Crippen molar-refractivity contribution in [2.45, 2.75) is 19.1 Å². The molecule has 1 aliphatic rings. The summed E-state index contributed by atoms with van der Waals surface area (Å²) in [4.78, 5) is 2.21. The standard InChI is InChI=1S/C14H21F2N3O/c1-10(17-19-7-5-18(2)6-8-19)14(20)12-9-11(15)3-4-13(12)16/h3-4,9-10,14,17,20H,5-8H2,1-2H3. The average Bonchev–Trinajstić information content (AvgIpc) is 2.43. The summed E-state index contributed by atoms with van der Waals surface area (Å²) in [6, 6.07) is 2.73. The zero-order valence-corrected chi connectivity index (χ0v) is 11.8. The normalized spacial score (nSPS) is 20.9. The number of hydrazine groups is 1. The maximum absolute atomic E-state index is 13.6. The number of aliphatic hydroxyl groups is 1. The lowest BCUT2D eigenvalue weighted by Gasteiger charge is -2.35. The number of benzene rings is 1. The molecular formula is C14H21F2N3O. The van der Waals surface area contributed by atoms with Crippen molar-refractivity contribution in [1.29, 1.82) is 0 Å². The largest absolute Gasteiger partial charge is 0.387 e. The molecule has 0 saturated carbocycles. The minimum atomic E-state index is -1.09. The Hall–Kier alpha value is -1.08. The van der Waals surface area contributed by atoms with E-state index in [9.17, 15) is 13.9 Å². The molecule has 112 valence electrons. The predicted molar refractivity (Wildman–Crippen MR) is 73.0 cm³/mol.